The van der Waals surface area contributed by atoms with Crippen LogP contribution in [0, 0.1) is 12.3 Å². The highest BCUT2D eigenvalue weighted by molar-refractivity contribution is 5.77. The molecule has 0 radical (unpaired) electrons. The first kappa shape index (κ1) is 18.7. The molecule has 2 aromatic rings. The van der Waals surface area contributed by atoms with E-state index in [4.69, 9.17) is 4.98 Å². The maximum atomic E-state index is 10.3. The molecule has 0 aliphatic rings. The molecule has 0 fully saturated rings. The van der Waals surface area contributed by atoms with Gasteiger partial charge in [0.25, 0.3) is 0 Å². The molecule has 3 nitrogen and oxygen atoms in total. The minimum absolute atomic E-state index is 0.307. The van der Waals surface area contributed by atoms with E-state index in [1.165, 1.54) is 5.57 Å². The fourth-order valence-electron chi connectivity index (χ4n) is 3.34. The third-order valence-electron chi connectivity index (χ3n) is 4.26. The van der Waals surface area contributed by atoms with Crippen molar-refractivity contribution in [2.75, 3.05) is 0 Å². The molecule has 0 aliphatic carbocycles. The van der Waals surface area contributed by atoms with Gasteiger partial charge >= 0.3 is 0 Å². The highest BCUT2D eigenvalue weighted by Crippen LogP contribution is 2.28. The van der Waals surface area contributed by atoms with E-state index in [-0.39, 0.29) is 0 Å². The number of nitrogens with one attached hydrogen (secondary N) is 1. The molecule has 1 heterocycles. The molecule has 0 spiro atoms. The maximum Gasteiger partial charge on any atom is 0.107 e. The Bertz CT molecular complexity index is 727. The minimum Gasteiger partial charge on any atom is -0.386 e. The molecule has 0 saturated carbocycles. The molecular formula is C21H32N2O. The topological polar surface area (TPSA) is 48.9 Å². The van der Waals surface area contributed by atoms with Crippen LogP contribution in [-0.4, -0.2) is 15.1 Å². The quantitative estimate of drug-likeness (QED) is 0.696. The van der Waals surface area contributed by atoms with Crippen LogP contribution in [0.3, 0.4) is 0 Å². The Morgan fingerprint density at radius 2 is 1.88 bits per heavy atom. The first-order valence-corrected chi connectivity index (χ1v) is 8.84. The molecule has 1 aromatic carbocycles. The van der Waals surface area contributed by atoms with Gasteiger partial charge in [0.05, 0.1) is 16.6 Å². The van der Waals surface area contributed by atoms with Gasteiger partial charge in [-0.1, -0.05) is 32.9 Å². The number of hydrogen-bond acceptors (Lipinski definition) is 2. The van der Waals surface area contributed by atoms with Crippen LogP contribution in [0.4, 0.5) is 0 Å². The van der Waals surface area contributed by atoms with E-state index in [2.05, 4.69) is 38.4 Å². The molecular weight excluding hydrogens is 296 g/mol. The number of aromatic amines is 1. The van der Waals surface area contributed by atoms with E-state index < -0.39 is 5.60 Å². The molecule has 0 atom stereocenters. The van der Waals surface area contributed by atoms with Gasteiger partial charge in [-0.25, -0.2) is 4.98 Å². The van der Waals surface area contributed by atoms with Crippen LogP contribution in [0.5, 0.6) is 0 Å². The highest BCUT2D eigenvalue weighted by Gasteiger charge is 2.20. The van der Waals surface area contributed by atoms with E-state index in [0.29, 0.717) is 5.41 Å². The van der Waals surface area contributed by atoms with Crippen LogP contribution >= 0.6 is 0 Å². The zero-order valence-electron chi connectivity index (χ0n) is 16.1. The number of nitrogens with zero attached hydrogens (tertiary/aromatic N) is 1. The second kappa shape index (κ2) is 6.72. The number of fused-ring (bicyclic) bond motifs is 1. The van der Waals surface area contributed by atoms with Crippen molar-refractivity contribution in [2.45, 2.75) is 72.8 Å². The highest BCUT2D eigenvalue weighted by atomic mass is 16.3. The standard InChI is InChI=1S/C21H32N2O/c1-14(13-20(3,4)5)9-8-10-19-22-17-11-15(2)16(21(6,7)24)12-18(17)23-19/h11-12,24H,1,8-10,13H2,2-7H3,(H,22,23). The van der Waals surface area contributed by atoms with Crippen molar-refractivity contribution in [1.29, 1.82) is 0 Å². The van der Waals surface area contributed by atoms with E-state index in [1.807, 2.05) is 26.8 Å². The smallest absolute Gasteiger partial charge is 0.107 e. The summed E-state index contributed by atoms with van der Waals surface area (Å²) in [5.74, 6) is 1.01. The number of aryl methyl sites for hydroxylation is 2. The van der Waals surface area contributed by atoms with Crippen LogP contribution in [0.15, 0.2) is 24.3 Å². The molecule has 1 aromatic heterocycles. The number of benzene rings is 1. The maximum absolute atomic E-state index is 10.3. The first-order valence-electron chi connectivity index (χ1n) is 8.84. The van der Waals surface area contributed by atoms with E-state index in [1.54, 1.807) is 0 Å². The number of aliphatic hydroxyl groups is 1. The summed E-state index contributed by atoms with van der Waals surface area (Å²) >= 11 is 0. The Balaban J connectivity index is 2.05. The molecule has 0 saturated heterocycles. The lowest BCUT2D eigenvalue weighted by molar-refractivity contribution is 0.0780. The molecule has 2 rings (SSSR count). The Morgan fingerprint density at radius 3 is 2.46 bits per heavy atom. The van der Waals surface area contributed by atoms with Gasteiger partial charge < -0.3 is 10.1 Å². The molecule has 0 aliphatic heterocycles. The summed E-state index contributed by atoms with van der Waals surface area (Å²) in [6.07, 6.45) is 4.10. The van der Waals surface area contributed by atoms with Gasteiger partial charge in [-0.2, -0.15) is 0 Å². The zero-order chi connectivity index (χ0) is 18.1. The number of hydrogen-bond donors (Lipinski definition) is 2. The second-order valence-electron chi connectivity index (χ2n) is 8.77. The van der Waals surface area contributed by atoms with Crippen molar-refractivity contribution in [2.24, 2.45) is 5.41 Å². The summed E-state index contributed by atoms with van der Waals surface area (Å²) in [5.41, 5.74) is 4.79. The van der Waals surface area contributed by atoms with Crippen molar-refractivity contribution >= 4 is 11.0 Å². The van der Waals surface area contributed by atoms with Gasteiger partial charge in [0, 0.05) is 6.42 Å². The summed E-state index contributed by atoms with van der Waals surface area (Å²) < 4.78 is 0. The van der Waals surface area contributed by atoms with Crippen molar-refractivity contribution in [3.63, 3.8) is 0 Å². The molecule has 132 valence electrons. The molecule has 0 bridgehead atoms. The van der Waals surface area contributed by atoms with Crippen molar-refractivity contribution in [1.82, 2.24) is 9.97 Å². The average molecular weight is 329 g/mol. The van der Waals surface area contributed by atoms with Crippen molar-refractivity contribution in [3.05, 3.63) is 41.2 Å². The van der Waals surface area contributed by atoms with Gasteiger partial charge in [0.1, 0.15) is 5.82 Å². The summed E-state index contributed by atoms with van der Waals surface area (Å²) in [7, 11) is 0. The minimum atomic E-state index is -0.839. The van der Waals surface area contributed by atoms with Gasteiger partial charge in [0.2, 0.25) is 0 Å². The lowest BCUT2D eigenvalue weighted by atomic mass is 9.87. The van der Waals surface area contributed by atoms with Crippen LogP contribution in [0.1, 0.15) is 70.8 Å². The fraction of sp³-hybridized carbons (Fsp3) is 0.571. The first-order chi connectivity index (χ1) is 11.0. The lowest BCUT2D eigenvalue weighted by Gasteiger charge is -2.20. The van der Waals surface area contributed by atoms with Crippen LogP contribution in [0.25, 0.3) is 11.0 Å². The largest absolute Gasteiger partial charge is 0.386 e. The molecule has 2 N–H and O–H groups in total. The van der Waals surface area contributed by atoms with Crippen molar-refractivity contribution in [3.8, 4) is 0 Å². The third kappa shape index (κ3) is 4.94. The lowest BCUT2D eigenvalue weighted by Crippen LogP contribution is -2.16. The van der Waals surface area contributed by atoms with Crippen LogP contribution < -0.4 is 0 Å². The number of rotatable bonds is 6. The summed E-state index contributed by atoms with van der Waals surface area (Å²) in [5, 5.41) is 10.3. The normalized spacial score (nSPS) is 12.8. The average Bonchev–Trinajstić information content (AvgIpc) is 2.75. The predicted octanol–water partition coefficient (Wildman–Crippen LogP) is 5.41. The number of H-pyrrole nitrogens is 1. The Morgan fingerprint density at radius 1 is 1.21 bits per heavy atom. The monoisotopic (exact) mass is 328 g/mol. The third-order valence-corrected chi connectivity index (χ3v) is 4.26. The van der Waals surface area contributed by atoms with Gasteiger partial charge in [-0.3, -0.25) is 0 Å². The Hall–Kier alpha value is -1.61. The number of aromatic nitrogens is 2. The predicted molar refractivity (Wildman–Crippen MR) is 102 cm³/mol. The SMILES string of the molecule is C=C(CCCc1nc2cc(C)c(C(C)(C)O)cc2[nH]1)CC(C)(C)C. The van der Waals surface area contributed by atoms with Gasteiger partial charge in [0.15, 0.2) is 0 Å². The zero-order valence-corrected chi connectivity index (χ0v) is 16.1. The number of allylic oxidation sites excluding steroid dienone is 1. The summed E-state index contributed by atoms with van der Waals surface area (Å²) in [4.78, 5) is 8.11. The molecule has 3 heteroatoms. The van der Waals surface area contributed by atoms with Gasteiger partial charge in [-0.05, 0) is 68.7 Å². The van der Waals surface area contributed by atoms with Crippen molar-refractivity contribution < 1.29 is 5.11 Å². The molecule has 0 amide bonds. The fourth-order valence-corrected chi connectivity index (χ4v) is 3.34. The van der Waals surface area contributed by atoms with Crippen LogP contribution in [0.2, 0.25) is 0 Å². The van der Waals surface area contributed by atoms with E-state index in [9.17, 15) is 5.11 Å². The van der Waals surface area contributed by atoms with Crippen LogP contribution in [-0.2, 0) is 12.0 Å². The van der Waals surface area contributed by atoms with E-state index in [0.717, 1.165) is 53.7 Å². The summed E-state index contributed by atoms with van der Waals surface area (Å²) in [6, 6.07) is 4.08. The van der Waals surface area contributed by atoms with E-state index >= 15 is 0 Å². The Kier molecular flexibility index (Phi) is 5.24. The molecule has 24 heavy (non-hydrogen) atoms. The Labute approximate surface area is 146 Å². The van der Waals surface area contributed by atoms with Gasteiger partial charge in [-0.15, -0.1) is 0 Å². The molecule has 0 unspecified atom stereocenters. The number of imidazole rings is 1. The second-order valence-corrected chi connectivity index (χ2v) is 8.77. The summed E-state index contributed by atoms with van der Waals surface area (Å²) in [6.45, 7) is 16.6.